The summed E-state index contributed by atoms with van der Waals surface area (Å²) >= 11 is 0. The van der Waals surface area contributed by atoms with Crippen molar-refractivity contribution in [1.82, 2.24) is 9.80 Å². The van der Waals surface area contributed by atoms with E-state index in [1.54, 1.807) is 54.5 Å². The SMILES string of the molecule is CNc1ccc(COC(=O)Nc2ccc(C3=CN(C=O)C(C=Nc4cc(OCCCOc5cc6c(cc5OC)C(=O)N5C=C(c7ccc(OC)cc7)CC5C=N6)c(OC)cc4C)C3)cc2)cc1. The molecule has 3 aliphatic heterocycles. The summed E-state index contributed by atoms with van der Waals surface area (Å²) in [5, 5.41) is 5.82. The number of benzene rings is 5. The van der Waals surface area contributed by atoms with Crippen LogP contribution in [0.2, 0.25) is 0 Å². The average Bonchev–Trinajstić information content (AvgIpc) is 3.96. The predicted molar refractivity (Wildman–Crippen MR) is 259 cm³/mol. The topological polar surface area (TPSA) is 162 Å². The molecule has 5 aromatic rings. The zero-order valence-corrected chi connectivity index (χ0v) is 38.0. The third-order valence-electron chi connectivity index (χ3n) is 11.7. The highest BCUT2D eigenvalue weighted by molar-refractivity contribution is 6.05. The van der Waals surface area contributed by atoms with Gasteiger partial charge in [-0.1, -0.05) is 36.4 Å². The van der Waals surface area contributed by atoms with Crippen molar-refractivity contribution >= 4 is 64.7 Å². The van der Waals surface area contributed by atoms with Crippen LogP contribution in [0.5, 0.6) is 28.7 Å². The Morgan fingerprint density at radius 3 is 2.12 bits per heavy atom. The van der Waals surface area contributed by atoms with Crippen molar-refractivity contribution in [2.45, 2.75) is 44.9 Å². The molecule has 0 aliphatic carbocycles. The molecule has 15 heteroatoms. The smallest absolute Gasteiger partial charge is 0.411 e. The van der Waals surface area contributed by atoms with E-state index in [0.717, 1.165) is 51.2 Å². The number of rotatable bonds is 18. The van der Waals surface area contributed by atoms with Crippen molar-refractivity contribution in [2.75, 3.05) is 52.2 Å². The first-order valence-corrected chi connectivity index (χ1v) is 21.8. The lowest BCUT2D eigenvalue weighted by Crippen LogP contribution is -2.32. The van der Waals surface area contributed by atoms with Crippen molar-refractivity contribution in [3.05, 3.63) is 137 Å². The molecule has 0 saturated carbocycles. The van der Waals surface area contributed by atoms with Gasteiger partial charge >= 0.3 is 6.09 Å². The number of ether oxygens (including phenoxy) is 6. The first kappa shape index (κ1) is 45.5. The third kappa shape index (κ3) is 10.6. The number of hydrogen-bond acceptors (Lipinski definition) is 12. The maximum atomic E-state index is 13.8. The zero-order chi connectivity index (χ0) is 46.9. The molecule has 0 saturated heterocycles. The fourth-order valence-electron chi connectivity index (χ4n) is 7.96. The van der Waals surface area contributed by atoms with E-state index in [0.29, 0.717) is 78.1 Å². The second kappa shape index (κ2) is 20.8. The number of nitrogens with zero attached hydrogens (tertiary/aromatic N) is 4. The van der Waals surface area contributed by atoms with Crippen LogP contribution >= 0.6 is 0 Å². The number of nitrogens with one attached hydrogen (secondary N) is 2. The summed E-state index contributed by atoms with van der Waals surface area (Å²) in [7, 11) is 6.60. The highest BCUT2D eigenvalue weighted by Gasteiger charge is 2.33. The van der Waals surface area contributed by atoms with Crippen LogP contribution in [0.1, 0.15) is 51.9 Å². The third-order valence-corrected chi connectivity index (χ3v) is 11.7. The molecular weight excluding hydrogens is 853 g/mol. The zero-order valence-electron chi connectivity index (χ0n) is 38.0. The summed E-state index contributed by atoms with van der Waals surface area (Å²) in [5.41, 5.74) is 8.83. The predicted octanol–water partition coefficient (Wildman–Crippen LogP) is 9.60. The average molecular weight is 905 g/mol. The van der Waals surface area contributed by atoms with Crippen LogP contribution in [0.25, 0.3) is 11.1 Å². The van der Waals surface area contributed by atoms with Crippen molar-refractivity contribution in [3.63, 3.8) is 0 Å². The second-order valence-corrected chi connectivity index (χ2v) is 16.0. The number of hydrogen-bond donors (Lipinski definition) is 2. The molecule has 2 N–H and O–H groups in total. The minimum atomic E-state index is -0.556. The van der Waals surface area contributed by atoms with Crippen LogP contribution in [-0.4, -0.2) is 94.3 Å². The Bertz CT molecular complexity index is 2730. The van der Waals surface area contributed by atoms with Gasteiger partial charge in [0.05, 0.1) is 63.6 Å². The van der Waals surface area contributed by atoms with E-state index >= 15 is 0 Å². The lowest BCUT2D eigenvalue weighted by atomic mass is 10.0. The fourth-order valence-corrected chi connectivity index (χ4v) is 7.96. The molecule has 3 aliphatic rings. The van der Waals surface area contributed by atoms with Crippen molar-refractivity contribution in [1.29, 1.82) is 0 Å². The number of amides is 3. The molecular formula is C52H52N6O9. The molecule has 5 aromatic carbocycles. The van der Waals surface area contributed by atoms with E-state index in [4.69, 9.17) is 38.4 Å². The van der Waals surface area contributed by atoms with Crippen molar-refractivity contribution in [2.24, 2.45) is 9.98 Å². The Balaban J connectivity index is 0.840. The second-order valence-electron chi connectivity index (χ2n) is 16.0. The monoisotopic (exact) mass is 904 g/mol. The van der Waals surface area contributed by atoms with Crippen LogP contribution in [0.3, 0.4) is 0 Å². The molecule has 15 nitrogen and oxygen atoms in total. The Morgan fingerprint density at radius 1 is 0.791 bits per heavy atom. The first-order valence-electron chi connectivity index (χ1n) is 21.8. The van der Waals surface area contributed by atoms with Gasteiger partial charge in [0.2, 0.25) is 6.41 Å². The largest absolute Gasteiger partial charge is 0.497 e. The first-order chi connectivity index (χ1) is 32.7. The molecule has 3 heterocycles. The summed E-state index contributed by atoms with van der Waals surface area (Å²) in [5.74, 6) is 2.57. The van der Waals surface area contributed by atoms with E-state index in [2.05, 4.69) is 10.6 Å². The van der Waals surface area contributed by atoms with E-state index < -0.39 is 6.09 Å². The van der Waals surface area contributed by atoms with E-state index in [1.165, 1.54) is 7.11 Å². The van der Waals surface area contributed by atoms with Gasteiger partial charge in [-0.25, -0.2) is 4.79 Å². The number of methoxy groups -OCH3 is 3. The van der Waals surface area contributed by atoms with Crippen LogP contribution in [-0.2, 0) is 16.1 Å². The number of anilines is 2. The van der Waals surface area contributed by atoms with Gasteiger partial charge in [0, 0.05) is 74.6 Å². The highest BCUT2D eigenvalue weighted by atomic mass is 16.5. The molecule has 0 fully saturated rings. The highest BCUT2D eigenvalue weighted by Crippen LogP contribution is 2.41. The van der Waals surface area contributed by atoms with E-state index in [-0.39, 0.29) is 24.6 Å². The van der Waals surface area contributed by atoms with E-state index in [1.807, 2.05) is 105 Å². The van der Waals surface area contributed by atoms with Gasteiger partial charge in [-0.15, -0.1) is 0 Å². The van der Waals surface area contributed by atoms with Gasteiger partial charge in [0.1, 0.15) is 12.4 Å². The molecule has 2 atom stereocenters. The minimum Gasteiger partial charge on any atom is -0.497 e. The van der Waals surface area contributed by atoms with Gasteiger partial charge in [-0.2, -0.15) is 0 Å². The van der Waals surface area contributed by atoms with Gasteiger partial charge < -0.3 is 43.5 Å². The number of carbonyl (C=O) groups is 3. The molecule has 0 spiro atoms. The summed E-state index contributed by atoms with van der Waals surface area (Å²) in [6.07, 6.45) is 9.21. The fraction of sp³-hybridized carbons (Fsp3) is 0.250. The number of carbonyl (C=O) groups excluding carboxylic acids is 3. The maximum absolute atomic E-state index is 13.8. The van der Waals surface area contributed by atoms with Crippen LogP contribution < -0.4 is 34.3 Å². The number of fused-ring (bicyclic) bond motifs is 2. The normalized spacial score (nSPS) is 16.1. The molecule has 3 amide bonds. The van der Waals surface area contributed by atoms with Crippen LogP contribution in [0, 0.1) is 6.92 Å². The summed E-state index contributed by atoms with van der Waals surface area (Å²) < 4.78 is 34.3. The van der Waals surface area contributed by atoms with Gasteiger partial charge in [-0.05, 0) is 88.9 Å². The van der Waals surface area contributed by atoms with Crippen molar-refractivity contribution in [3.8, 4) is 28.7 Å². The lowest BCUT2D eigenvalue weighted by Gasteiger charge is -2.19. The standard InChI is InChI=1S/C52H52N6O9/c1-33-21-47(63-4)49(25-45(33)54-27-41-22-37(29-57(41)32-59)35-9-15-40(16-10-35)56-52(61)67-31-34-7-13-39(53-2)14-8-34)65-19-6-20-66-50-26-46-44(24-48(50)64-5)51(60)58-30-38(23-42(58)28-55-46)36-11-17-43(62-3)18-12-36/h7-18,21,24-30,32,41-42,53H,6,19-20,22-23,31H2,1-5H3,(H,56,61). The minimum absolute atomic E-state index is 0.148. The molecule has 344 valence electrons. The van der Waals surface area contributed by atoms with Gasteiger partial charge in [0.15, 0.2) is 23.0 Å². The summed E-state index contributed by atoms with van der Waals surface area (Å²) in [6, 6.07) is 29.4. The quantitative estimate of drug-likeness (QED) is 0.0492. The molecule has 0 bridgehead atoms. The molecule has 0 aromatic heterocycles. The van der Waals surface area contributed by atoms with Crippen LogP contribution in [0.15, 0.2) is 119 Å². The number of aryl methyl sites for hydroxylation is 1. The number of aliphatic imine (C=N–C) groups is 2. The summed E-state index contributed by atoms with van der Waals surface area (Å²) in [4.78, 5) is 51.2. The summed E-state index contributed by atoms with van der Waals surface area (Å²) in [6.45, 7) is 2.68. The molecule has 8 rings (SSSR count). The van der Waals surface area contributed by atoms with Gasteiger partial charge in [0.25, 0.3) is 5.91 Å². The Morgan fingerprint density at radius 2 is 1.45 bits per heavy atom. The maximum Gasteiger partial charge on any atom is 0.411 e. The molecule has 67 heavy (non-hydrogen) atoms. The Hall–Kier alpha value is -8.07. The Labute approximate surface area is 389 Å². The van der Waals surface area contributed by atoms with Crippen molar-refractivity contribution < 1.29 is 42.8 Å². The molecule has 0 radical (unpaired) electrons. The lowest BCUT2D eigenvalue weighted by molar-refractivity contribution is -0.116. The van der Waals surface area contributed by atoms with E-state index in [9.17, 15) is 14.4 Å². The Kier molecular flexibility index (Phi) is 14.1. The van der Waals surface area contributed by atoms with Gasteiger partial charge in [-0.3, -0.25) is 24.9 Å². The van der Waals surface area contributed by atoms with Crippen LogP contribution in [0.4, 0.5) is 27.5 Å². The molecule has 2 unspecified atom stereocenters.